The molecule has 0 spiro atoms. The summed E-state index contributed by atoms with van der Waals surface area (Å²) in [5.74, 6) is 0. The normalized spacial score (nSPS) is 15.2. The number of benzene rings is 6. The Labute approximate surface area is 251 Å². The van der Waals surface area contributed by atoms with Crippen molar-refractivity contribution in [3.8, 4) is 11.1 Å². The van der Waals surface area contributed by atoms with E-state index in [1.165, 1.54) is 0 Å². The SMILES string of the molecule is O=C(O)[N+]1(c2ccccc2)c2ccccc2-c2cc(N(c3ccccc3)c3ccc(C=Cc4ccccc4)cc3)ccc21. The molecule has 0 bridgehead atoms. The molecule has 1 aliphatic rings. The van der Waals surface area contributed by atoms with Gasteiger partial charge in [-0.3, -0.25) is 0 Å². The lowest BCUT2D eigenvalue weighted by molar-refractivity contribution is 0.179. The molecule has 1 unspecified atom stereocenters. The van der Waals surface area contributed by atoms with Gasteiger partial charge in [0.2, 0.25) is 0 Å². The molecule has 4 heteroatoms. The molecule has 4 nitrogen and oxygen atoms in total. The summed E-state index contributed by atoms with van der Waals surface area (Å²) in [6.07, 6.45) is 3.29. The summed E-state index contributed by atoms with van der Waals surface area (Å²) in [5, 5.41) is 10.8. The Hall–Kier alpha value is -5.71. The third-order valence-electron chi connectivity index (χ3n) is 8.02. The summed E-state index contributed by atoms with van der Waals surface area (Å²) < 4.78 is -0.375. The van der Waals surface area contributed by atoms with Crippen LogP contribution in [0.25, 0.3) is 23.3 Å². The number of fused-ring (bicyclic) bond motifs is 3. The molecule has 1 aliphatic heterocycles. The summed E-state index contributed by atoms with van der Waals surface area (Å²) in [4.78, 5) is 15.5. The molecule has 0 aromatic heterocycles. The van der Waals surface area contributed by atoms with Gasteiger partial charge in [0.1, 0.15) is 0 Å². The number of carbonyl (C=O) groups is 1. The molecule has 1 atom stereocenters. The van der Waals surface area contributed by atoms with Crippen molar-refractivity contribution in [2.45, 2.75) is 0 Å². The van der Waals surface area contributed by atoms with E-state index in [4.69, 9.17) is 0 Å². The van der Waals surface area contributed by atoms with Gasteiger partial charge in [-0.05, 0) is 53.6 Å². The van der Waals surface area contributed by atoms with Crippen LogP contribution in [0.2, 0.25) is 0 Å². The molecule has 1 heterocycles. The largest absolute Gasteiger partial charge is 0.529 e. The van der Waals surface area contributed by atoms with Crippen molar-refractivity contribution in [3.63, 3.8) is 0 Å². The average molecular weight is 558 g/mol. The Bertz CT molecular complexity index is 1940. The van der Waals surface area contributed by atoms with Crippen LogP contribution in [-0.2, 0) is 0 Å². The average Bonchev–Trinajstić information content (AvgIpc) is 3.37. The van der Waals surface area contributed by atoms with Crippen LogP contribution in [0.15, 0.2) is 158 Å². The summed E-state index contributed by atoms with van der Waals surface area (Å²) in [6.45, 7) is 0. The predicted octanol–water partition coefficient (Wildman–Crippen LogP) is 11.0. The van der Waals surface area contributed by atoms with E-state index in [2.05, 4.69) is 71.6 Å². The Morgan fingerprint density at radius 2 is 1.02 bits per heavy atom. The maximum absolute atomic E-state index is 13.2. The van der Waals surface area contributed by atoms with Crippen LogP contribution in [0.4, 0.5) is 38.9 Å². The van der Waals surface area contributed by atoms with E-state index in [-0.39, 0.29) is 4.48 Å². The molecule has 1 amide bonds. The fourth-order valence-corrected chi connectivity index (χ4v) is 6.06. The first-order valence-electron chi connectivity index (χ1n) is 14.3. The highest BCUT2D eigenvalue weighted by Crippen LogP contribution is 2.58. The molecule has 0 saturated heterocycles. The van der Waals surface area contributed by atoms with E-state index >= 15 is 0 Å². The maximum Gasteiger partial charge on any atom is 0.529 e. The van der Waals surface area contributed by atoms with Crippen LogP contribution in [-0.4, -0.2) is 11.2 Å². The molecule has 0 radical (unpaired) electrons. The Morgan fingerprint density at radius 1 is 0.512 bits per heavy atom. The predicted molar refractivity (Wildman–Crippen MR) is 178 cm³/mol. The van der Waals surface area contributed by atoms with Gasteiger partial charge in [-0.1, -0.05) is 103 Å². The second-order valence-corrected chi connectivity index (χ2v) is 10.5. The molecule has 206 valence electrons. The first-order chi connectivity index (χ1) is 21.2. The van der Waals surface area contributed by atoms with Crippen LogP contribution in [0.3, 0.4) is 0 Å². The van der Waals surface area contributed by atoms with Gasteiger partial charge in [-0.2, -0.15) is 4.79 Å². The van der Waals surface area contributed by atoms with Gasteiger partial charge in [-0.15, -0.1) is 4.48 Å². The quantitative estimate of drug-likeness (QED) is 0.164. The molecule has 1 N–H and O–H groups in total. The highest BCUT2D eigenvalue weighted by molar-refractivity contribution is 6.10. The topological polar surface area (TPSA) is 40.5 Å². The number of carboxylic acid groups (broad SMARTS) is 1. The second kappa shape index (κ2) is 10.9. The van der Waals surface area contributed by atoms with Gasteiger partial charge in [0, 0.05) is 41.3 Å². The number of anilines is 3. The van der Waals surface area contributed by atoms with Crippen LogP contribution >= 0.6 is 0 Å². The van der Waals surface area contributed by atoms with Gasteiger partial charge in [-0.25, -0.2) is 0 Å². The molecular formula is C39H29N2O2+. The second-order valence-electron chi connectivity index (χ2n) is 10.5. The zero-order chi connectivity index (χ0) is 29.2. The minimum absolute atomic E-state index is 0.375. The number of rotatable bonds is 6. The van der Waals surface area contributed by atoms with E-state index in [1.807, 2.05) is 103 Å². The van der Waals surface area contributed by atoms with Gasteiger partial charge < -0.3 is 10.0 Å². The van der Waals surface area contributed by atoms with Crippen molar-refractivity contribution < 1.29 is 9.90 Å². The molecular weight excluding hydrogens is 528 g/mol. The highest BCUT2D eigenvalue weighted by Gasteiger charge is 2.52. The monoisotopic (exact) mass is 557 g/mol. The summed E-state index contributed by atoms with van der Waals surface area (Å²) in [7, 11) is 0. The Balaban J connectivity index is 1.35. The molecule has 0 saturated carbocycles. The number of nitrogens with zero attached hydrogens (tertiary/aromatic N) is 2. The molecule has 0 aliphatic carbocycles. The number of amides is 1. The number of para-hydroxylation sites is 3. The summed E-state index contributed by atoms with van der Waals surface area (Å²) >= 11 is 0. The Kier molecular flexibility index (Phi) is 6.66. The third-order valence-corrected chi connectivity index (χ3v) is 8.02. The summed E-state index contributed by atoms with van der Waals surface area (Å²) in [5.41, 5.74) is 9.20. The van der Waals surface area contributed by atoms with E-state index in [0.717, 1.165) is 50.7 Å². The number of quaternary nitrogens is 1. The van der Waals surface area contributed by atoms with Crippen LogP contribution in [0.5, 0.6) is 0 Å². The number of hydrogen-bond acceptors (Lipinski definition) is 2. The lowest BCUT2D eigenvalue weighted by Gasteiger charge is -2.29. The van der Waals surface area contributed by atoms with Crippen molar-refractivity contribution in [1.82, 2.24) is 4.48 Å². The van der Waals surface area contributed by atoms with E-state index < -0.39 is 6.09 Å². The van der Waals surface area contributed by atoms with Crippen molar-refractivity contribution in [2.75, 3.05) is 4.90 Å². The van der Waals surface area contributed by atoms with Crippen molar-refractivity contribution in [3.05, 3.63) is 169 Å². The van der Waals surface area contributed by atoms with Crippen molar-refractivity contribution in [1.29, 1.82) is 0 Å². The standard InChI is InChI=1S/C39H28N2O2/c42-39(43)41(34-16-8-3-9-17-34)37-19-11-10-18-35(37)36-28-33(26-27-38(36)41)40(31-14-6-2-7-15-31)32-24-22-30(23-25-32)21-20-29-12-4-1-5-13-29/h1-28H/p+1. The molecule has 6 aromatic rings. The third kappa shape index (κ3) is 4.51. The molecule has 0 fully saturated rings. The minimum Gasteiger partial charge on any atom is -0.434 e. The smallest absolute Gasteiger partial charge is 0.434 e. The molecule has 43 heavy (non-hydrogen) atoms. The Morgan fingerprint density at radius 3 is 1.70 bits per heavy atom. The van der Waals surface area contributed by atoms with E-state index in [1.54, 1.807) is 0 Å². The maximum atomic E-state index is 13.2. The van der Waals surface area contributed by atoms with Crippen LogP contribution in [0, 0.1) is 0 Å². The minimum atomic E-state index is -0.941. The van der Waals surface area contributed by atoms with Crippen LogP contribution in [0.1, 0.15) is 11.1 Å². The first kappa shape index (κ1) is 26.2. The molecule has 6 aromatic carbocycles. The fourth-order valence-electron chi connectivity index (χ4n) is 6.06. The zero-order valence-corrected chi connectivity index (χ0v) is 23.4. The van der Waals surface area contributed by atoms with Crippen LogP contribution < -0.4 is 9.38 Å². The van der Waals surface area contributed by atoms with Gasteiger partial charge >= 0.3 is 6.09 Å². The lowest BCUT2D eigenvalue weighted by Crippen LogP contribution is -2.42. The fraction of sp³-hybridized carbons (Fsp3) is 0. The van der Waals surface area contributed by atoms with E-state index in [9.17, 15) is 9.90 Å². The highest BCUT2D eigenvalue weighted by atomic mass is 16.4. The van der Waals surface area contributed by atoms with Crippen molar-refractivity contribution >= 4 is 52.4 Å². The van der Waals surface area contributed by atoms with Gasteiger partial charge in [0.15, 0.2) is 17.1 Å². The zero-order valence-electron chi connectivity index (χ0n) is 23.4. The molecule has 7 rings (SSSR count). The van der Waals surface area contributed by atoms with E-state index in [0.29, 0.717) is 5.69 Å². The summed E-state index contributed by atoms with van der Waals surface area (Å²) in [6, 6.07) is 52.4. The van der Waals surface area contributed by atoms with Gasteiger partial charge in [0.25, 0.3) is 0 Å². The van der Waals surface area contributed by atoms with Gasteiger partial charge in [0.05, 0.1) is 11.1 Å². The van der Waals surface area contributed by atoms with Crippen molar-refractivity contribution in [2.24, 2.45) is 0 Å². The number of hydrogen-bond donors (Lipinski definition) is 1. The lowest BCUT2D eigenvalue weighted by atomic mass is 10.0. The first-order valence-corrected chi connectivity index (χ1v) is 14.3.